The molecule has 2 atom stereocenters. The number of benzene rings is 1. The molecule has 0 spiro atoms. The number of nitrogens with zero attached hydrogens (tertiary/aromatic N) is 3. The van der Waals surface area contributed by atoms with Crippen molar-refractivity contribution in [2.45, 2.75) is 65.1 Å². The van der Waals surface area contributed by atoms with Gasteiger partial charge in [0.05, 0.1) is 11.0 Å². The van der Waals surface area contributed by atoms with E-state index in [0.717, 1.165) is 47.6 Å². The first-order valence-corrected chi connectivity index (χ1v) is 9.68. The Balaban J connectivity index is 1.69. The molecular formula is C20H27N3O3. The minimum absolute atomic E-state index is 0.175. The van der Waals surface area contributed by atoms with Gasteiger partial charge in [-0.25, -0.2) is 4.98 Å². The number of rotatable bonds is 3. The minimum atomic E-state index is 0.175. The number of carbonyl (C=O) groups excluding carboxylic acids is 1. The van der Waals surface area contributed by atoms with E-state index < -0.39 is 0 Å². The Bertz CT molecular complexity index is 819. The van der Waals surface area contributed by atoms with Crippen LogP contribution < -0.4 is 9.47 Å². The number of hydrogen-bond donors (Lipinski definition) is 0. The second-order valence-electron chi connectivity index (χ2n) is 7.38. The molecule has 26 heavy (non-hydrogen) atoms. The number of hydrogen-bond acceptors (Lipinski definition) is 4. The second-order valence-corrected chi connectivity index (χ2v) is 7.38. The van der Waals surface area contributed by atoms with Crippen molar-refractivity contribution in [1.82, 2.24) is 14.5 Å². The van der Waals surface area contributed by atoms with Gasteiger partial charge in [-0.1, -0.05) is 6.92 Å². The molecule has 1 aromatic carbocycles. The molecule has 140 valence electrons. The summed E-state index contributed by atoms with van der Waals surface area (Å²) in [6.45, 7) is 7.82. The number of amides is 1. The zero-order valence-electron chi connectivity index (χ0n) is 15.8. The average molecular weight is 357 g/mol. The number of piperidine rings is 1. The van der Waals surface area contributed by atoms with Crippen molar-refractivity contribution in [2.75, 3.05) is 13.2 Å². The van der Waals surface area contributed by atoms with E-state index in [2.05, 4.69) is 25.7 Å². The first-order valence-electron chi connectivity index (χ1n) is 9.68. The van der Waals surface area contributed by atoms with Crippen LogP contribution in [0.4, 0.5) is 0 Å². The van der Waals surface area contributed by atoms with Crippen LogP contribution in [0.2, 0.25) is 0 Å². The fraction of sp³-hybridized carbons (Fsp3) is 0.600. The molecule has 2 aromatic rings. The van der Waals surface area contributed by atoms with Crippen molar-refractivity contribution in [3.05, 3.63) is 18.0 Å². The molecule has 1 saturated heterocycles. The van der Waals surface area contributed by atoms with E-state index in [0.29, 0.717) is 31.8 Å². The summed E-state index contributed by atoms with van der Waals surface area (Å²) in [7, 11) is 0. The number of imidazole rings is 1. The van der Waals surface area contributed by atoms with Gasteiger partial charge >= 0.3 is 0 Å². The van der Waals surface area contributed by atoms with Crippen LogP contribution in [-0.4, -0.2) is 45.7 Å². The Morgan fingerprint density at radius 3 is 2.46 bits per heavy atom. The Kier molecular flexibility index (Phi) is 4.51. The summed E-state index contributed by atoms with van der Waals surface area (Å²) in [5.74, 6) is 2.57. The summed E-state index contributed by atoms with van der Waals surface area (Å²) in [5.41, 5.74) is 1.80. The molecule has 2 aliphatic heterocycles. The second kappa shape index (κ2) is 6.82. The molecule has 1 aromatic heterocycles. The largest absolute Gasteiger partial charge is 0.486 e. The van der Waals surface area contributed by atoms with Gasteiger partial charge < -0.3 is 18.9 Å². The quantitative estimate of drug-likeness (QED) is 0.847. The predicted octanol–water partition coefficient (Wildman–Crippen LogP) is 3.16. The van der Waals surface area contributed by atoms with Gasteiger partial charge in [-0.2, -0.15) is 0 Å². The lowest BCUT2D eigenvalue weighted by atomic mass is 9.97. The topological polar surface area (TPSA) is 56.6 Å². The van der Waals surface area contributed by atoms with Crippen molar-refractivity contribution >= 4 is 16.9 Å². The Morgan fingerprint density at radius 2 is 1.81 bits per heavy atom. The van der Waals surface area contributed by atoms with Gasteiger partial charge in [0.1, 0.15) is 25.6 Å². The van der Waals surface area contributed by atoms with Gasteiger partial charge in [-0.15, -0.1) is 0 Å². The summed E-state index contributed by atoms with van der Waals surface area (Å²) in [5, 5.41) is 0. The SMILES string of the molecule is CCc1nc2cc3c(cc2n1CC(=O)N1C(C)CCCC1C)OCCO3. The first kappa shape index (κ1) is 17.2. The fourth-order valence-corrected chi connectivity index (χ4v) is 4.29. The molecular weight excluding hydrogens is 330 g/mol. The van der Waals surface area contributed by atoms with E-state index >= 15 is 0 Å². The maximum atomic E-state index is 13.1. The van der Waals surface area contributed by atoms with Gasteiger partial charge in [0, 0.05) is 30.6 Å². The number of ether oxygens (including phenoxy) is 2. The molecule has 1 fully saturated rings. The van der Waals surface area contributed by atoms with Crippen LogP contribution >= 0.6 is 0 Å². The maximum absolute atomic E-state index is 13.1. The highest BCUT2D eigenvalue weighted by molar-refractivity contribution is 5.84. The highest BCUT2D eigenvalue weighted by Gasteiger charge is 2.29. The number of fused-ring (bicyclic) bond motifs is 2. The third kappa shape index (κ3) is 2.91. The van der Waals surface area contributed by atoms with Crippen LogP contribution in [0.3, 0.4) is 0 Å². The zero-order valence-corrected chi connectivity index (χ0v) is 15.8. The highest BCUT2D eigenvalue weighted by Crippen LogP contribution is 2.35. The smallest absolute Gasteiger partial charge is 0.243 e. The number of likely N-dealkylation sites (tertiary alicyclic amines) is 1. The molecule has 4 rings (SSSR count). The van der Waals surface area contributed by atoms with Crippen LogP contribution in [0.15, 0.2) is 12.1 Å². The average Bonchev–Trinajstić information content (AvgIpc) is 2.96. The first-order chi connectivity index (χ1) is 12.6. The molecule has 6 nitrogen and oxygen atoms in total. The predicted molar refractivity (Wildman–Crippen MR) is 99.7 cm³/mol. The lowest BCUT2D eigenvalue weighted by Crippen LogP contribution is -2.48. The van der Waals surface area contributed by atoms with Gasteiger partial charge in [0.15, 0.2) is 11.5 Å². The maximum Gasteiger partial charge on any atom is 0.243 e. The van der Waals surface area contributed by atoms with Gasteiger partial charge in [0.25, 0.3) is 0 Å². The summed E-state index contributed by atoms with van der Waals surface area (Å²) in [4.78, 5) is 19.9. The molecule has 2 aliphatic rings. The van der Waals surface area contributed by atoms with E-state index in [4.69, 9.17) is 14.5 Å². The van der Waals surface area contributed by atoms with Crippen LogP contribution in [0.25, 0.3) is 11.0 Å². The molecule has 0 aliphatic carbocycles. The zero-order chi connectivity index (χ0) is 18.3. The van der Waals surface area contributed by atoms with Crippen molar-refractivity contribution in [3.8, 4) is 11.5 Å². The molecule has 3 heterocycles. The van der Waals surface area contributed by atoms with Gasteiger partial charge in [-0.05, 0) is 33.1 Å². The number of aryl methyl sites for hydroxylation is 1. The highest BCUT2D eigenvalue weighted by atomic mass is 16.6. The monoisotopic (exact) mass is 357 g/mol. The molecule has 0 saturated carbocycles. The Morgan fingerprint density at radius 1 is 1.15 bits per heavy atom. The molecule has 6 heteroatoms. The van der Waals surface area contributed by atoms with Crippen LogP contribution in [0.1, 0.15) is 45.9 Å². The fourth-order valence-electron chi connectivity index (χ4n) is 4.29. The van der Waals surface area contributed by atoms with Crippen molar-refractivity contribution in [1.29, 1.82) is 0 Å². The standard InChI is InChI=1S/C20H27N3O3/c1-4-19-21-15-10-17-18(26-9-8-25-17)11-16(15)22(19)12-20(24)23-13(2)6-5-7-14(23)3/h10-11,13-14H,4-9,12H2,1-3H3. The molecule has 2 unspecified atom stereocenters. The third-order valence-electron chi connectivity index (χ3n) is 5.58. The lowest BCUT2D eigenvalue weighted by Gasteiger charge is -2.39. The lowest BCUT2D eigenvalue weighted by molar-refractivity contribution is -0.137. The molecule has 0 bridgehead atoms. The summed E-state index contributed by atoms with van der Waals surface area (Å²) >= 11 is 0. The van der Waals surface area contributed by atoms with E-state index in [1.165, 1.54) is 6.42 Å². The molecule has 0 radical (unpaired) electrons. The van der Waals surface area contributed by atoms with Gasteiger partial charge in [-0.3, -0.25) is 4.79 Å². The van der Waals surface area contributed by atoms with Crippen molar-refractivity contribution < 1.29 is 14.3 Å². The van der Waals surface area contributed by atoms with E-state index in [9.17, 15) is 4.79 Å². The van der Waals surface area contributed by atoms with Crippen molar-refractivity contribution in [2.24, 2.45) is 0 Å². The van der Waals surface area contributed by atoms with Crippen LogP contribution in [0.5, 0.6) is 11.5 Å². The third-order valence-corrected chi connectivity index (χ3v) is 5.58. The Hall–Kier alpha value is -2.24. The Labute approximate surface area is 154 Å². The van der Waals surface area contributed by atoms with Gasteiger partial charge in [0.2, 0.25) is 5.91 Å². The summed E-state index contributed by atoms with van der Waals surface area (Å²) in [6, 6.07) is 4.49. The normalized spacial score (nSPS) is 22.7. The van der Waals surface area contributed by atoms with Crippen molar-refractivity contribution in [3.63, 3.8) is 0 Å². The summed E-state index contributed by atoms with van der Waals surface area (Å²) < 4.78 is 13.4. The number of carbonyl (C=O) groups is 1. The molecule has 0 N–H and O–H groups in total. The van der Waals surface area contributed by atoms with Crippen LogP contribution in [-0.2, 0) is 17.8 Å². The van der Waals surface area contributed by atoms with E-state index in [-0.39, 0.29) is 5.91 Å². The van der Waals surface area contributed by atoms with E-state index in [1.54, 1.807) is 0 Å². The van der Waals surface area contributed by atoms with E-state index in [1.807, 2.05) is 16.7 Å². The minimum Gasteiger partial charge on any atom is -0.486 e. The molecule has 1 amide bonds. The number of aromatic nitrogens is 2. The van der Waals surface area contributed by atoms with Crippen LogP contribution in [0, 0.1) is 0 Å². The summed E-state index contributed by atoms with van der Waals surface area (Å²) in [6.07, 6.45) is 4.14.